The van der Waals surface area contributed by atoms with Gasteiger partial charge in [-0.25, -0.2) is 0 Å². The van der Waals surface area contributed by atoms with Gasteiger partial charge in [0, 0.05) is 24.8 Å². The molecule has 3 rings (SSSR count). The minimum Gasteiger partial charge on any atom is -0.362 e. The van der Waals surface area contributed by atoms with Crippen LogP contribution in [0.4, 0.5) is 5.69 Å². The summed E-state index contributed by atoms with van der Waals surface area (Å²) < 4.78 is 0. The SMILES string of the molecule is NCC1CC2CC2N1c1cccnc1C=O. The highest BCUT2D eigenvalue weighted by Crippen LogP contribution is 2.49. The van der Waals surface area contributed by atoms with Crippen molar-refractivity contribution < 1.29 is 4.79 Å². The maximum absolute atomic E-state index is 11.0. The minimum atomic E-state index is 0.381. The number of piperidine rings is 1. The molecule has 3 unspecified atom stereocenters. The lowest BCUT2D eigenvalue weighted by Gasteiger charge is -2.29. The predicted octanol–water partition coefficient (Wildman–Crippen LogP) is 0.820. The van der Waals surface area contributed by atoms with E-state index in [2.05, 4.69) is 9.88 Å². The summed E-state index contributed by atoms with van der Waals surface area (Å²) in [6.07, 6.45) is 4.89. The molecule has 1 aromatic heterocycles. The van der Waals surface area contributed by atoms with Crippen molar-refractivity contribution in [1.29, 1.82) is 0 Å². The highest BCUT2D eigenvalue weighted by molar-refractivity contribution is 5.82. The molecule has 3 atom stereocenters. The monoisotopic (exact) mass is 217 g/mol. The van der Waals surface area contributed by atoms with E-state index < -0.39 is 0 Å². The lowest BCUT2D eigenvalue weighted by atomic mass is 10.1. The van der Waals surface area contributed by atoms with Crippen molar-refractivity contribution in [2.24, 2.45) is 11.7 Å². The predicted molar refractivity (Wildman–Crippen MR) is 61.5 cm³/mol. The summed E-state index contributed by atoms with van der Waals surface area (Å²) in [6.45, 7) is 0.653. The first-order valence-corrected chi connectivity index (χ1v) is 5.73. The van der Waals surface area contributed by atoms with E-state index in [4.69, 9.17) is 5.73 Å². The summed E-state index contributed by atoms with van der Waals surface area (Å²) in [4.78, 5) is 17.4. The van der Waals surface area contributed by atoms with Gasteiger partial charge in [0.15, 0.2) is 6.29 Å². The molecule has 2 N–H and O–H groups in total. The molecule has 1 saturated heterocycles. The van der Waals surface area contributed by atoms with Crippen LogP contribution in [0.2, 0.25) is 0 Å². The summed E-state index contributed by atoms with van der Waals surface area (Å²) in [7, 11) is 0. The number of fused-ring (bicyclic) bond motifs is 1. The average Bonchev–Trinajstić information content (AvgIpc) is 3.00. The maximum Gasteiger partial charge on any atom is 0.170 e. The number of aromatic nitrogens is 1. The Labute approximate surface area is 94.5 Å². The van der Waals surface area contributed by atoms with Gasteiger partial charge in [0.25, 0.3) is 0 Å². The first-order valence-electron chi connectivity index (χ1n) is 5.73. The number of rotatable bonds is 3. The molecule has 0 spiro atoms. The molecule has 1 aliphatic heterocycles. The van der Waals surface area contributed by atoms with Gasteiger partial charge in [0.05, 0.1) is 5.69 Å². The number of carbonyl (C=O) groups is 1. The smallest absolute Gasteiger partial charge is 0.170 e. The summed E-state index contributed by atoms with van der Waals surface area (Å²) >= 11 is 0. The molecule has 16 heavy (non-hydrogen) atoms. The normalized spacial score (nSPS) is 31.3. The molecule has 0 bridgehead atoms. The number of nitrogens with two attached hydrogens (primary N) is 1. The van der Waals surface area contributed by atoms with E-state index in [-0.39, 0.29) is 0 Å². The molecule has 1 saturated carbocycles. The number of carbonyl (C=O) groups excluding carboxylic acids is 1. The Morgan fingerprint density at radius 3 is 3.19 bits per heavy atom. The van der Waals surface area contributed by atoms with Gasteiger partial charge in [0.2, 0.25) is 0 Å². The molecule has 4 nitrogen and oxygen atoms in total. The molecule has 0 amide bonds. The molecule has 2 heterocycles. The zero-order chi connectivity index (χ0) is 11.1. The van der Waals surface area contributed by atoms with Gasteiger partial charge in [0.1, 0.15) is 5.69 Å². The molecule has 2 fully saturated rings. The molecular weight excluding hydrogens is 202 g/mol. The van der Waals surface area contributed by atoms with Crippen LogP contribution in [0.3, 0.4) is 0 Å². The number of pyridine rings is 1. The van der Waals surface area contributed by atoms with Crippen molar-refractivity contribution in [2.75, 3.05) is 11.4 Å². The third kappa shape index (κ3) is 1.33. The van der Waals surface area contributed by atoms with Crippen LogP contribution in [0.25, 0.3) is 0 Å². The molecular formula is C12H15N3O. The van der Waals surface area contributed by atoms with Gasteiger partial charge < -0.3 is 10.6 Å². The second-order valence-corrected chi connectivity index (χ2v) is 4.62. The maximum atomic E-state index is 11.0. The third-order valence-electron chi connectivity index (χ3n) is 3.69. The van der Waals surface area contributed by atoms with Crippen molar-refractivity contribution in [3.05, 3.63) is 24.0 Å². The van der Waals surface area contributed by atoms with Gasteiger partial charge in [-0.2, -0.15) is 0 Å². The van der Waals surface area contributed by atoms with Crippen LogP contribution in [0.5, 0.6) is 0 Å². The molecule has 2 aliphatic rings. The second-order valence-electron chi connectivity index (χ2n) is 4.62. The van der Waals surface area contributed by atoms with Crippen LogP contribution in [-0.2, 0) is 0 Å². The standard InChI is InChI=1S/C12H15N3O/c13-6-9-4-8-5-12(8)15(9)11-2-1-3-14-10(11)7-16/h1-3,7-9,12H,4-6,13H2. The fourth-order valence-corrected chi connectivity index (χ4v) is 2.86. The van der Waals surface area contributed by atoms with Gasteiger partial charge in [-0.15, -0.1) is 0 Å². The lowest BCUT2D eigenvalue weighted by molar-refractivity contribution is 0.111. The van der Waals surface area contributed by atoms with Crippen molar-refractivity contribution in [1.82, 2.24) is 4.98 Å². The second kappa shape index (κ2) is 3.56. The highest BCUT2D eigenvalue weighted by atomic mass is 16.1. The Hall–Kier alpha value is -1.42. The topological polar surface area (TPSA) is 59.2 Å². The molecule has 1 aromatic rings. The number of hydrogen-bond acceptors (Lipinski definition) is 4. The highest BCUT2D eigenvalue weighted by Gasteiger charge is 2.51. The first-order chi connectivity index (χ1) is 7.85. The van der Waals surface area contributed by atoms with Crippen molar-refractivity contribution in [3.63, 3.8) is 0 Å². The Bertz CT molecular complexity index is 420. The fourth-order valence-electron chi connectivity index (χ4n) is 2.86. The third-order valence-corrected chi connectivity index (χ3v) is 3.69. The van der Waals surface area contributed by atoms with Crippen LogP contribution in [0.15, 0.2) is 18.3 Å². The van der Waals surface area contributed by atoms with Crippen molar-refractivity contribution in [2.45, 2.75) is 24.9 Å². The summed E-state index contributed by atoms with van der Waals surface area (Å²) in [6, 6.07) is 4.83. The molecule has 4 heteroatoms. The molecule has 0 aromatic carbocycles. The van der Waals surface area contributed by atoms with E-state index in [1.54, 1.807) is 6.20 Å². The average molecular weight is 217 g/mol. The number of anilines is 1. The van der Waals surface area contributed by atoms with E-state index in [1.807, 2.05) is 12.1 Å². The van der Waals surface area contributed by atoms with E-state index in [0.29, 0.717) is 24.3 Å². The number of aldehydes is 1. The molecule has 1 aliphatic carbocycles. The zero-order valence-electron chi connectivity index (χ0n) is 9.04. The largest absolute Gasteiger partial charge is 0.362 e. The minimum absolute atomic E-state index is 0.381. The lowest BCUT2D eigenvalue weighted by Crippen LogP contribution is -2.39. The van der Waals surface area contributed by atoms with Crippen LogP contribution in [0.1, 0.15) is 23.3 Å². The van der Waals surface area contributed by atoms with E-state index in [1.165, 1.54) is 6.42 Å². The van der Waals surface area contributed by atoms with E-state index in [9.17, 15) is 4.79 Å². The summed E-state index contributed by atoms with van der Waals surface area (Å²) in [5, 5.41) is 0. The fraction of sp³-hybridized carbons (Fsp3) is 0.500. The molecule has 0 radical (unpaired) electrons. The summed E-state index contributed by atoms with van der Waals surface area (Å²) in [5.41, 5.74) is 7.28. The number of hydrogen-bond donors (Lipinski definition) is 1. The van der Waals surface area contributed by atoms with Crippen LogP contribution >= 0.6 is 0 Å². The zero-order valence-corrected chi connectivity index (χ0v) is 9.04. The van der Waals surface area contributed by atoms with Crippen LogP contribution in [0, 0.1) is 5.92 Å². The van der Waals surface area contributed by atoms with Crippen molar-refractivity contribution >= 4 is 12.0 Å². The Balaban J connectivity index is 1.98. The van der Waals surface area contributed by atoms with Crippen LogP contribution < -0.4 is 10.6 Å². The Morgan fingerprint density at radius 2 is 2.44 bits per heavy atom. The summed E-state index contributed by atoms with van der Waals surface area (Å²) in [5.74, 6) is 0.785. The van der Waals surface area contributed by atoms with E-state index >= 15 is 0 Å². The van der Waals surface area contributed by atoms with Crippen molar-refractivity contribution in [3.8, 4) is 0 Å². The van der Waals surface area contributed by atoms with Gasteiger partial charge >= 0.3 is 0 Å². The van der Waals surface area contributed by atoms with Gasteiger partial charge in [-0.05, 0) is 30.9 Å². The first kappa shape index (κ1) is 9.78. The van der Waals surface area contributed by atoms with E-state index in [0.717, 1.165) is 24.3 Å². The van der Waals surface area contributed by atoms with Gasteiger partial charge in [-0.3, -0.25) is 9.78 Å². The quantitative estimate of drug-likeness (QED) is 0.761. The van der Waals surface area contributed by atoms with Crippen LogP contribution in [-0.4, -0.2) is 29.9 Å². The number of nitrogens with zero attached hydrogens (tertiary/aromatic N) is 2. The Morgan fingerprint density at radius 1 is 1.56 bits per heavy atom. The van der Waals surface area contributed by atoms with Gasteiger partial charge in [-0.1, -0.05) is 0 Å². The molecule has 84 valence electrons. The Kier molecular flexibility index (Phi) is 2.17.